The number of rotatable bonds is 3. The van der Waals surface area contributed by atoms with E-state index in [1.54, 1.807) is 0 Å². The molecule has 0 aromatic rings. The van der Waals surface area contributed by atoms with Crippen molar-refractivity contribution in [1.82, 2.24) is 0 Å². The molecule has 2 unspecified atom stereocenters. The van der Waals surface area contributed by atoms with E-state index in [0.29, 0.717) is 11.3 Å². The first-order chi connectivity index (χ1) is 11.9. The van der Waals surface area contributed by atoms with Crippen molar-refractivity contribution in [3.8, 4) is 0 Å². The fraction of sp³-hybridized carbons (Fsp3) is 1.00. The third-order valence-electron chi connectivity index (χ3n) is 9.35. The Balaban J connectivity index is 1.52. The molecule has 0 spiro atoms. The van der Waals surface area contributed by atoms with Crippen LogP contribution in [0.4, 0.5) is 0 Å². The van der Waals surface area contributed by atoms with E-state index in [4.69, 9.17) is 9.47 Å². The maximum Gasteiger partial charge on any atom is 0.167 e. The number of aliphatic hydroxyl groups is 1. The minimum Gasteiger partial charge on any atom is -0.393 e. The molecule has 0 radical (unpaired) electrons. The topological polar surface area (TPSA) is 38.7 Å². The number of aliphatic hydroxyl groups excluding tert-OH is 1. The zero-order valence-corrected chi connectivity index (χ0v) is 16.7. The molecule has 3 nitrogen and oxygen atoms in total. The highest BCUT2D eigenvalue weighted by molar-refractivity contribution is 5.07. The zero-order chi connectivity index (χ0) is 17.8. The van der Waals surface area contributed by atoms with Gasteiger partial charge in [-0.2, -0.15) is 0 Å². The Morgan fingerprint density at radius 2 is 1.60 bits per heavy atom. The summed E-state index contributed by atoms with van der Waals surface area (Å²) in [7, 11) is 3.63. The molecule has 0 aliphatic heterocycles. The summed E-state index contributed by atoms with van der Waals surface area (Å²) < 4.78 is 11.6. The van der Waals surface area contributed by atoms with Crippen LogP contribution in [0.15, 0.2) is 0 Å². The molecule has 0 heterocycles. The van der Waals surface area contributed by atoms with Gasteiger partial charge in [0.1, 0.15) is 0 Å². The van der Waals surface area contributed by atoms with Crippen molar-refractivity contribution in [1.29, 1.82) is 0 Å². The Hall–Kier alpha value is -0.120. The highest BCUT2D eigenvalue weighted by Gasteiger charge is 2.58. The standard InChI is InChI=1S/C22H38O3/c1-14(23)19-7-8-20-18-6-5-15-13-22(24-3,25-4)12-10-16(15)17(18)9-11-21(19,20)2/h14-20,23H,5-13H2,1-4H3/t14?,15-,16+,17-,18-,19?,20+,21-/m1/s1. The lowest BCUT2D eigenvalue weighted by molar-refractivity contribution is -0.247. The second-order valence-electron chi connectivity index (χ2n) is 9.97. The fourth-order valence-electron chi connectivity index (χ4n) is 8.11. The Morgan fingerprint density at radius 3 is 2.28 bits per heavy atom. The summed E-state index contributed by atoms with van der Waals surface area (Å²) in [6.45, 7) is 4.53. The second kappa shape index (κ2) is 6.49. The summed E-state index contributed by atoms with van der Waals surface area (Å²) in [5.41, 5.74) is 0.389. The molecule has 4 aliphatic rings. The second-order valence-corrected chi connectivity index (χ2v) is 9.97. The normalized spacial score (nSPS) is 49.8. The van der Waals surface area contributed by atoms with E-state index in [9.17, 15) is 5.11 Å². The SMILES string of the molecule is COC1(OC)CC[C@H]2[C@H](CC[C@@H]3[C@@H]2CC[C@]2(C)C(C(C)O)CC[C@@H]32)C1. The van der Waals surface area contributed by atoms with Gasteiger partial charge < -0.3 is 14.6 Å². The fourth-order valence-corrected chi connectivity index (χ4v) is 8.11. The lowest BCUT2D eigenvalue weighted by Gasteiger charge is -2.57. The van der Waals surface area contributed by atoms with E-state index in [-0.39, 0.29) is 11.9 Å². The summed E-state index contributed by atoms with van der Waals surface area (Å²) in [5, 5.41) is 10.3. The van der Waals surface area contributed by atoms with Crippen LogP contribution in [-0.4, -0.2) is 31.2 Å². The van der Waals surface area contributed by atoms with Gasteiger partial charge >= 0.3 is 0 Å². The maximum atomic E-state index is 10.3. The molecule has 4 fully saturated rings. The monoisotopic (exact) mass is 350 g/mol. The van der Waals surface area contributed by atoms with E-state index in [2.05, 4.69) is 6.92 Å². The molecule has 0 amide bonds. The van der Waals surface area contributed by atoms with E-state index in [1.165, 1.54) is 44.9 Å². The molecule has 144 valence electrons. The van der Waals surface area contributed by atoms with Gasteiger partial charge in [-0.05, 0) is 92.8 Å². The molecule has 4 saturated carbocycles. The number of hydrogen-bond acceptors (Lipinski definition) is 3. The molecular weight excluding hydrogens is 312 g/mol. The van der Waals surface area contributed by atoms with Crippen molar-refractivity contribution in [3.63, 3.8) is 0 Å². The Morgan fingerprint density at radius 1 is 0.880 bits per heavy atom. The third kappa shape index (κ3) is 2.72. The van der Waals surface area contributed by atoms with Crippen molar-refractivity contribution in [2.45, 2.75) is 83.5 Å². The van der Waals surface area contributed by atoms with E-state index in [0.717, 1.165) is 42.4 Å². The average molecular weight is 351 g/mol. The molecule has 4 aliphatic carbocycles. The van der Waals surface area contributed by atoms with Crippen molar-refractivity contribution in [2.75, 3.05) is 14.2 Å². The molecule has 25 heavy (non-hydrogen) atoms. The molecule has 0 saturated heterocycles. The minimum absolute atomic E-state index is 0.137. The van der Waals surface area contributed by atoms with Crippen LogP contribution < -0.4 is 0 Å². The summed E-state index contributed by atoms with van der Waals surface area (Å²) in [6, 6.07) is 0. The summed E-state index contributed by atoms with van der Waals surface area (Å²) in [6.07, 6.45) is 11.3. The predicted molar refractivity (Wildman–Crippen MR) is 99.0 cm³/mol. The van der Waals surface area contributed by atoms with Crippen LogP contribution in [0.5, 0.6) is 0 Å². The predicted octanol–water partition coefficient (Wildman–Crippen LogP) is 4.63. The minimum atomic E-state index is -0.318. The van der Waals surface area contributed by atoms with Gasteiger partial charge in [0.2, 0.25) is 0 Å². The molecular formula is C22H38O3. The molecule has 1 N–H and O–H groups in total. The first-order valence-electron chi connectivity index (χ1n) is 10.7. The number of ether oxygens (including phenoxy) is 2. The summed E-state index contributed by atoms with van der Waals surface area (Å²) >= 11 is 0. The van der Waals surface area contributed by atoms with Gasteiger partial charge in [0.15, 0.2) is 5.79 Å². The zero-order valence-electron chi connectivity index (χ0n) is 16.7. The highest BCUT2D eigenvalue weighted by Crippen LogP contribution is 2.65. The van der Waals surface area contributed by atoms with Gasteiger partial charge in [-0.1, -0.05) is 6.92 Å². The van der Waals surface area contributed by atoms with Gasteiger partial charge in [0.05, 0.1) is 6.10 Å². The smallest absolute Gasteiger partial charge is 0.167 e. The Kier molecular flexibility index (Phi) is 4.74. The van der Waals surface area contributed by atoms with Gasteiger partial charge in [-0.3, -0.25) is 0 Å². The van der Waals surface area contributed by atoms with Crippen LogP contribution in [-0.2, 0) is 9.47 Å². The van der Waals surface area contributed by atoms with Gasteiger partial charge in [-0.25, -0.2) is 0 Å². The van der Waals surface area contributed by atoms with Gasteiger partial charge in [0, 0.05) is 27.1 Å². The van der Waals surface area contributed by atoms with Crippen LogP contribution in [0, 0.1) is 40.9 Å². The Labute approximate surface area is 153 Å². The summed E-state index contributed by atoms with van der Waals surface area (Å²) in [5.74, 6) is 4.54. The summed E-state index contributed by atoms with van der Waals surface area (Å²) in [4.78, 5) is 0. The van der Waals surface area contributed by atoms with E-state index < -0.39 is 0 Å². The lowest BCUT2D eigenvalue weighted by Crippen LogP contribution is -2.52. The number of hydrogen-bond donors (Lipinski definition) is 1. The van der Waals surface area contributed by atoms with E-state index in [1.807, 2.05) is 21.1 Å². The van der Waals surface area contributed by atoms with Crippen LogP contribution >= 0.6 is 0 Å². The molecule has 8 atom stereocenters. The van der Waals surface area contributed by atoms with Crippen LogP contribution in [0.3, 0.4) is 0 Å². The molecule has 3 heteroatoms. The first-order valence-corrected chi connectivity index (χ1v) is 10.7. The number of methoxy groups -OCH3 is 2. The molecule has 0 aromatic carbocycles. The highest BCUT2D eigenvalue weighted by atomic mass is 16.7. The largest absolute Gasteiger partial charge is 0.393 e. The van der Waals surface area contributed by atoms with Crippen molar-refractivity contribution >= 4 is 0 Å². The lowest BCUT2D eigenvalue weighted by atomic mass is 9.49. The van der Waals surface area contributed by atoms with Crippen LogP contribution in [0.25, 0.3) is 0 Å². The van der Waals surface area contributed by atoms with Gasteiger partial charge in [-0.15, -0.1) is 0 Å². The van der Waals surface area contributed by atoms with Crippen LogP contribution in [0.1, 0.15) is 71.6 Å². The first kappa shape index (κ1) is 18.3. The molecule has 0 bridgehead atoms. The van der Waals surface area contributed by atoms with E-state index >= 15 is 0 Å². The third-order valence-corrected chi connectivity index (χ3v) is 9.35. The maximum absolute atomic E-state index is 10.3. The molecule has 0 aromatic heterocycles. The van der Waals surface area contributed by atoms with Crippen molar-refractivity contribution < 1.29 is 14.6 Å². The average Bonchev–Trinajstić information content (AvgIpc) is 2.98. The van der Waals surface area contributed by atoms with Crippen molar-refractivity contribution in [2.24, 2.45) is 40.9 Å². The Bertz CT molecular complexity index is 486. The number of fused-ring (bicyclic) bond motifs is 5. The van der Waals surface area contributed by atoms with Gasteiger partial charge in [0.25, 0.3) is 0 Å². The quantitative estimate of drug-likeness (QED) is 0.755. The molecule has 4 rings (SSSR count). The van der Waals surface area contributed by atoms with Crippen molar-refractivity contribution in [3.05, 3.63) is 0 Å². The van der Waals surface area contributed by atoms with Crippen LogP contribution in [0.2, 0.25) is 0 Å².